The van der Waals surface area contributed by atoms with Gasteiger partial charge in [0.05, 0.1) is 11.9 Å². The molecule has 2 saturated heterocycles. The van der Waals surface area contributed by atoms with Crippen molar-refractivity contribution in [3.8, 4) is 0 Å². The molecule has 4 aromatic rings. The highest BCUT2D eigenvalue weighted by Crippen LogP contribution is 2.42. The van der Waals surface area contributed by atoms with E-state index in [9.17, 15) is 4.79 Å². The number of nitrogens with zero attached hydrogens (tertiary/aromatic N) is 5. The highest BCUT2D eigenvalue weighted by Gasteiger charge is 2.44. The second-order valence-corrected chi connectivity index (χ2v) is 9.90. The third-order valence-electron chi connectivity index (χ3n) is 7.49. The van der Waals surface area contributed by atoms with Crippen LogP contribution in [-0.2, 0) is 13.1 Å². The molecule has 2 aliphatic rings. The van der Waals surface area contributed by atoms with Gasteiger partial charge in [-0.2, -0.15) is 0 Å². The number of pyridine rings is 2. The molecule has 0 amide bonds. The van der Waals surface area contributed by atoms with Crippen molar-refractivity contribution < 1.29 is 4.79 Å². The maximum absolute atomic E-state index is 10.9. The van der Waals surface area contributed by atoms with Crippen LogP contribution in [0.5, 0.6) is 0 Å². The zero-order valence-corrected chi connectivity index (χ0v) is 19.3. The van der Waals surface area contributed by atoms with E-state index in [0.717, 1.165) is 43.7 Å². The highest BCUT2D eigenvalue weighted by molar-refractivity contribution is 5.80. The summed E-state index contributed by atoms with van der Waals surface area (Å²) >= 11 is 0. The average Bonchev–Trinajstić information content (AvgIpc) is 3.26. The molecule has 0 saturated carbocycles. The van der Waals surface area contributed by atoms with Crippen LogP contribution >= 0.6 is 0 Å². The van der Waals surface area contributed by atoms with Gasteiger partial charge in [0.25, 0.3) is 0 Å². The SMILES string of the molecule is O=Cc1ccc(Cn2ccc3cc(N4CCC5(CC4)CN(Cc4cccnc4)C5)cnc32)cc1. The Bertz CT molecular complexity index is 1280. The van der Waals surface area contributed by atoms with Crippen molar-refractivity contribution in [1.29, 1.82) is 0 Å². The quantitative estimate of drug-likeness (QED) is 0.407. The Balaban J connectivity index is 1.08. The first kappa shape index (κ1) is 21.1. The van der Waals surface area contributed by atoms with Gasteiger partial charge in [-0.1, -0.05) is 30.3 Å². The summed E-state index contributed by atoms with van der Waals surface area (Å²) in [5.74, 6) is 0. The Labute approximate surface area is 199 Å². The predicted molar refractivity (Wildman–Crippen MR) is 134 cm³/mol. The lowest BCUT2D eigenvalue weighted by Crippen LogP contribution is -2.59. The van der Waals surface area contributed by atoms with Crippen LogP contribution in [0.25, 0.3) is 11.0 Å². The van der Waals surface area contributed by atoms with Crippen LogP contribution in [0.3, 0.4) is 0 Å². The van der Waals surface area contributed by atoms with Crippen molar-refractivity contribution in [3.63, 3.8) is 0 Å². The first-order chi connectivity index (χ1) is 16.7. The van der Waals surface area contributed by atoms with Gasteiger partial charge in [-0.3, -0.25) is 14.7 Å². The largest absolute Gasteiger partial charge is 0.370 e. The second-order valence-electron chi connectivity index (χ2n) is 9.90. The number of fused-ring (bicyclic) bond motifs is 1. The number of hydrogen-bond donors (Lipinski definition) is 0. The van der Waals surface area contributed by atoms with E-state index in [2.05, 4.69) is 43.7 Å². The van der Waals surface area contributed by atoms with Gasteiger partial charge in [0.2, 0.25) is 0 Å². The zero-order chi connectivity index (χ0) is 23.0. The molecule has 2 fully saturated rings. The lowest BCUT2D eigenvalue weighted by Gasteiger charge is -2.54. The second kappa shape index (κ2) is 8.69. The van der Waals surface area contributed by atoms with Crippen molar-refractivity contribution in [3.05, 3.63) is 90.0 Å². The molecule has 0 bridgehead atoms. The van der Waals surface area contributed by atoms with E-state index in [0.29, 0.717) is 11.0 Å². The third kappa shape index (κ3) is 4.10. The van der Waals surface area contributed by atoms with Crippen LogP contribution in [0.15, 0.2) is 73.3 Å². The minimum Gasteiger partial charge on any atom is -0.370 e. The van der Waals surface area contributed by atoms with Crippen molar-refractivity contribution in [1.82, 2.24) is 19.4 Å². The maximum atomic E-state index is 10.9. The van der Waals surface area contributed by atoms with Crippen LogP contribution < -0.4 is 4.90 Å². The molecule has 5 heterocycles. The minimum absolute atomic E-state index is 0.485. The molecule has 3 aromatic heterocycles. The molecule has 34 heavy (non-hydrogen) atoms. The summed E-state index contributed by atoms with van der Waals surface area (Å²) in [6, 6.07) is 16.4. The van der Waals surface area contributed by atoms with Crippen molar-refractivity contribution in [2.24, 2.45) is 5.41 Å². The zero-order valence-electron chi connectivity index (χ0n) is 19.3. The number of piperidine rings is 1. The summed E-state index contributed by atoms with van der Waals surface area (Å²) in [4.78, 5) is 25.0. The number of likely N-dealkylation sites (tertiary alicyclic amines) is 1. The van der Waals surface area contributed by atoms with Gasteiger partial charge in [-0.15, -0.1) is 0 Å². The molecule has 2 aliphatic heterocycles. The van der Waals surface area contributed by atoms with E-state index in [1.54, 1.807) is 0 Å². The Kier molecular flexibility index (Phi) is 5.38. The van der Waals surface area contributed by atoms with Crippen molar-refractivity contribution >= 4 is 23.0 Å². The number of anilines is 1. The molecular formula is C28H29N5O. The molecule has 0 aliphatic carbocycles. The number of carbonyl (C=O) groups excluding carboxylic acids is 1. The van der Waals surface area contributed by atoms with E-state index in [1.165, 1.54) is 42.6 Å². The lowest BCUT2D eigenvalue weighted by atomic mass is 9.72. The summed E-state index contributed by atoms with van der Waals surface area (Å²) in [6.07, 6.45) is 11.3. The van der Waals surface area contributed by atoms with Crippen LogP contribution in [0.2, 0.25) is 0 Å². The molecule has 6 rings (SSSR count). The smallest absolute Gasteiger partial charge is 0.150 e. The summed E-state index contributed by atoms with van der Waals surface area (Å²) in [7, 11) is 0. The van der Waals surface area contributed by atoms with Gasteiger partial charge in [0, 0.05) is 68.8 Å². The maximum Gasteiger partial charge on any atom is 0.150 e. The molecular weight excluding hydrogens is 422 g/mol. The normalized spacial score (nSPS) is 17.7. The van der Waals surface area contributed by atoms with Gasteiger partial charge in [-0.05, 0) is 47.6 Å². The topological polar surface area (TPSA) is 54.3 Å². The van der Waals surface area contributed by atoms with E-state index < -0.39 is 0 Å². The Morgan fingerprint density at radius 1 is 0.941 bits per heavy atom. The van der Waals surface area contributed by atoms with E-state index >= 15 is 0 Å². The molecule has 0 unspecified atom stereocenters. The highest BCUT2D eigenvalue weighted by atomic mass is 16.1. The monoisotopic (exact) mass is 451 g/mol. The van der Waals surface area contributed by atoms with E-state index in [4.69, 9.17) is 4.98 Å². The van der Waals surface area contributed by atoms with Gasteiger partial charge in [-0.25, -0.2) is 4.98 Å². The number of carbonyl (C=O) groups is 1. The van der Waals surface area contributed by atoms with Crippen molar-refractivity contribution in [2.75, 3.05) is 31.1 Å². The molecule has 0 atom stereocenters. The van der Waals surface area contributed by atoms with Gasteiger partial charge < -0.3 is 9.47 Å². The fourth-order valence-corrected chi connectivity index (χ4v) is 5.58. The molecule has 1 aromatic carbocycles. The van der Waals surface area contributed by atoms with Gasteiger partial charge >= 0.3 is 0 Å². The summed E-state index contributed by atoms with van der Waals surface area (Å²) in [5, 5.41) is 1.17. The number of aldehydes is 1. The number of aromatic nitrogens is 3. The molecule has 0 radical (unpaired) electrons. The fourth-order valence-electron chi connectivity index (χ4n) is 5.58. The Hall–Kier alpha value is -3.51. The van der Waals surface area contributed by atoms with Gasteiger partial charge in [0.15, 0.2) is 0 Å². The average molecular weight is 452 g/mol. The van der Waals surface area contributed by atoms with Crippen LogP contribution in [0, 0.1) is 5.41 Å². The first-order valence-corrected chi connectivity index (χ1v) is 12.1. The number of benzene rings is 1. The van der Waals surface area contributed by atoms with E-state index in [-0.39, 0.29) is 0 Å². The lowest BCUT2D eigenvalue weighted by molar-refractivity contribution is -0.0240. The van der Waals surface area contributed by atoms with Crippen LogP contribution in [-0.4, -0.2) is 51.9 Å². The first-order valence-electron chi connectivity index (χ1n) is 12.1. The predicted octanol–water partition coefficient (Wildman–Crippen LogP) is 4.39. The van der Waals surface area contributed by atoms with E-state index in [1.807, 2.05) is 48.9 Å². The Morgan fingerprint density at radius 2 is 1.76 bits per heavy atom. The third-order valence-corrected chi connectivity index (χ3v) is 7.49. The standard InChI is InChI=1S/C28H29N5O/c34-19-23-5-3-22(4-6-23)18-33-11-7-25-14-26(16-30-27(25)33)32-12-8-28(9-13-32)20-31(21-28)17-24-2-1-10-29-15-24/h1-7,10-11,14-16,19H,8-9,12-13,17-18,20-21H2. The minimum atomic E-state index is 0.485. The molecule has 172 valence electrons. The molecule has 0 N–H and O–H groups in total. The molecule has 1 spiro atoms. The van der Waals surface area contributed by atoms with Crippen molar-refractivity contribution in [2.45, 2.75) is 25.9 Å². The van der Waals surface area contributed by atoms with Crippen LogP contribution in [0.1, 0.15) is 34.3 Å². The summed E-state index contributed by atoms with van der Waals surface area (Å²) in [5.41, 5.74) is 5.88. The molecule has 6 heteroatoms. The number of rotatable bonds is 6. The van der Waals surface area contributed by atoms with Crippen LogP contribution in [0.4, 0.5) is 5.69 Å². The summed E-state index contributed by atoms with van der Waals surface area (Å²) < 4.78 is 2.17. The summed E-state index contributed by atoms with van der Waals surface area (Å²) in [6.45, 7) is 6.34. The fraction of sp³-hybridized carbons (Fsp3) is 0.321. The Morgan fingerprint density at radius 3 is 2.50 bits per heavy atom. The number of hydrogen-bond acceptors (Lipinski definition) is 5. The van der Waals surface area contributed by atoms with Gasteiger partial charge in [0.1, 0.15) is 11.9 Å². The molecule has 6 nitrogen and oxygen atoms in total.